The molecule has 0 spiro atoms. The number of benzene rings is 1. The van der Waals surface area contributed by atoms with Gasteiger partial charge in [0, 0.05) is 24.9 Å². The Morgan fingerprint density at radius 3 is 2.80 bits per heavy atom. The Bertz CT molecular complexity index is 762. The summed E-state index contributed by atoms with van der Waals surface area (Å²) in [5.74, 6) is 1.25. The summed E-state index contributed by atoms with van der Waals surface area (Å²) in [4.78, 5) is 26.3. The summed E-state index contributed by atoms with van der Waals surface area (Å²) in [6.07, 6.45) is 1.23. The lowest BCUT2D eigenvalue weighted by Gasteiger charge is -2.17. The molecule has 2 amide bonds. The minimum atomic E-state index is -0.399. The fourth-order valence-corrected chi connectivity index (χ4v) is 2.83. The number of carbonyl (C=O) groups excluding carboxylic acids is 2. The molecule has 1 aromatic heterocycles. The van der Waals surface area contributed by atoms with Crippen molar-refractivity contribution >= 4 is 17.5 Å². The van der Waals surface area contributed by atoms with E-state index in [2.05, 4.69) is 5.32 Å². The van der Waals surface area contributed by atoms with Gasteiger partial charge in [-0.1, -0.05) is 6.07 Å². The maximum atomic E-state index is 12.6. The first-order valence-electron chi connectivity index (χ1n) is 8.36. The molecule has 0 bridgehead atoms. The van der Waals surface area contributed by atoms with Crippen LogP contribution in [0.4, 0.5) is 5.69 Å². The summed E-state index contributed by atoms with van der Waals surface area (Å²) in [5.41, 5.74) is 1.10. The van der Waals surface area contributed by atoms with E-state index < -0.39 is 6.10 Å². The van der Waals surface area contributed by atoms with E-state index in [0.29, 0.717) is 24.4 Å². The molecule has 2 aromatic rings. The summed E-state index contributed by atoms with van der Waals surface area (Å²) in [7, 11) is 1.72. The van der Waals surface area contributed by atoms with Crippen molar-refractivity contribution in [3.05, 3.63) is 53.5 Å². The highest BCUT2D eigenvalue weighted by atomic mass is 16.5. The van der Waals surface area contributed by atoms with Crippen molar-refractivity contribution in [3.8, 4) is 0 Å². The predicted molar refractivity (Wildman–Crippen MR) is 93.3 cm³/mol. The second kappa shape index (κ2) is 7.53. The molecular weight excluding hydrogens is 320 g/mol. The zero-order chi connectivity index (χ0) is 17.8. The van der Waals surface area contributed by atoms with E-state index >= 15 is 0 Å². The molecule has 1 aliphatic rings. The third kappa shape index (κ3) is 4.28. The van der Waals surface area contributed by atoms with Crippen LogP contribution in [0, 0.1) is 6.92 Å². The number of nitrogens with zero attached hydrogens (tertiary/aromatic N) is 1. The van der Waals surface area contributed by atoms with Gasteiger partial charge >= 0.3 is 0 Å². The van der Waals surface area contributed by atoms with Gasteiger partial charge in [0.15, 0.2) is 0 Å². The molecule has 1 saturated heterocycles. The highest BCUT2D eigenvalue weighted by Gasteiger charge is 2.23. The topological polar surface area (TPSA) is 71.8 Å². The van der Waals surface area contributed by atoms with Crippen molar-refractivity contribution in [2.24, 2.45) is 0 Å². The van der Waals surface area contributed by atoms with E-state index in [1.165, 1.54) is 0 Å². The van der Waals surface area contributed by atoms with Crippen LogP contribution in [0.3, 0.4) is 0 Å². The van der Waals surface area contributed by atoms with Gasteiger partial charge in [-0.25, -0.2) is 0 Å². The van der Waals surface area contributed by atoms with E-state index in [1.807, 2.05) is 19.1 Å². The van der Waals surface area contributed by atoms with Crippen molar-refractivity contribution < 1.29 is 18.7 Å². The normalized spacial score (nSPS) is 16.6. The van der Waals surface area contributed by atoms with Gasteiger partial charge in [-0.3, -0.25) is 9.59 Å². The van der Waals surface area contributed by atoms with Crippen LogP contribution >= 0.6 is 0 Å². The second-order valence-corrected chi connectivity index (χ2v) is 6.25. The molecule has 6 heteroatoms. The maximum absolute atomic E-state index is 12.6. The Morgan fingerprint density at radius 1 is 1.28 bits per heavy atom. The SMILES string of the molecule is Cc1ccc(CN(C)C(=O)c2cccc(NC(=O)C3CCCO3)c2)o1. The first-order valence-corrected chi connectivity index (χ1v) is 8.36. The van der Waals surface area contributed by atoms with Crippen molar-refractivity contribution in [1.29, 1.82) is 0 Å². The molecule has 0 radical (unpaired) electrons. The van der Waals surface area contributed by atoms with E-state index in [4.69, 9.17) is 9.15 Å². The van der Waals surface area contributed by atoms with Crippen LogP contribution in [0.25, 0.3) is 0 Å². The van der Waals surface area contributed by atoms with E-state index in [1.54, 1.807) is 36.2 Å². The lowest BCUT2D eigenvalue weighted by atomic mass is 10.1. The number of anilines is 1. The molecule has 2 heterocycles. The summed E-state index contributed by atoms with van der Waals surface area (Å²) < 4.78 is 10.9. The molecule has 25 heavy (non-hydrogen) atoms. The summed E-state index contributed by atoms with van der Waals surface area (Å²) in [5, 5.41) is 2.82. The molecule has 1 N–H and O–H groups in total. The Morgan fingerprint density at radius 2 is 2.12 bits per heavy atom. The fourth-order valence-electron chi connectivity index (χ4n) is 2.83. The molecule has 1 aliphatic heterocycles. The summed E-state index contributed by atoms with van der Waals surface area (Å²) in [6, 6.07) is 10.7. The molecule has 3 rings (SSSR count). The van der Waals surface area contributed by atoms with Gasteiger partial charge in [0.25, 0.3) is 11.8 Å². The average molecular weight is 342 g/mol. The van der Waals surface area contributed by atoms with Crippen LogP contribution in [0.1, 0.15) is 34.7 Å². The van der Waals surface area contributed by atoms with Crippen LogP contribution in [-0.4, -0.2) is 36.5 Å². The number of aryl methyl sites for hydroxylation is 1. The van der Waals surface area contributed by atoms with Gasteiger partial charge in [0.1, 0.15) is 17.6 Å². The largest absolute Gasteiger partial charge is 0.464 e. The number of ether oxygens (including phenoxy) is 1. The molecule has 0 aliphatic carbocycles. The Hall–Kier alpha value is -2.60. The standard InChI is InChI=1S/C19H22N2O4/c1-13-8-9-16(25-13)12-21(2)19(23)14-5-3-6-15(11-14)20-18(22)17-7-4-10-24-17/h3,5-6,8-9,11,17H,4,7,10,12H2,1-2H3,(H,20,22). The lowest BCUT2D eigenvalue weighted by Crippen LogP contribution is -2.28. The quantitative estimate of drug-likeness (QED) is 0.907. The molecule has 1 aromatic carbocycles. The first kappa shape index (κ1) is 17.2. The molecule has 6 nitrogen and oxygen atoms in total. The van der Waals surface area contributed by atoms with E-state index in [0.717, 1.165) is 24.4 Å². The van der Waals surface area contributed by atoms with Crippen molar-refractivity contribution in [2.45, 2.75) is 32.4 Å². The average Bonchev–Trinajstić information content (AvgIpc) is 3.26. The van der Waals surface area contributed by atoms with Gasteiger partial charge in [-0.05, 0) is 50.1 Å². The van der Waals surface area contributed by atoms with Crippen LogP contribution in [0.15, 0.2) is 40.8 Å². The van der Waals surface area contributed by atoms with E-state index in [-0.39, 0.29) is 11.8 Å². The van der Waals surface area contributed by atoms with Gasteiger partial charge in [0.05, 0.1) is 6.54 Å². The number of hydrogen-bond acceptors (Lipinski definition) is 4. The summed E-state index contributed by atoms with van der Waals surface area (Å²) in [6.45, 7) is 2.87. The highest BCUT2D eigenvalue weighted by Crippen LogP contribution is 2.18. The molecule has 0 saturated carbocycles. The monoisotopic (exact) mass is 342 g/mol. The molecule has 132 valence electrons. The fraction of sp³-hybridized carbons (Fsp3) is 0.368. The van der Waals surface area contributed by atoms with Crippen LogP contribution in [-0.2, 0) is 16.1 Å². The number of nitrogens with one attached hydrogen (secondary N) is 1. The maximum Gasteiger partial charge on any atom is 0.254 e. The number of amides is 2. The first-order chi connectivity index (χ1) is 12.0. The molecular formula is C19H22N2O4. The van der Waals surface area contributed by atoms with Gasteiger partial charge in [-0.2, -0.15) is 0 Å². The van der Waals surface area contributed by atoms with Crippen molar-refractivity contribution in [2.75, 3.05) is 19.0 Å². The van der Waals surface area contributed by atoms with Gasteiger partial charge in [0.2, 0.25) is 0 Å². The molecule has 1 unspecified atom stereocenters. The number of furan rings is 1. The number of carbonyl (C=O) groups is 2. The predicted octanol–water partition coefficient (Wildman–Crippen LogP) is 2.98. The highest BCUT2D eigenvalue weighted by molar-refractivity contribution is 5.98. The molecule has 1 fully saturated rings. The van der Waals surface area contributed by atoms with Crippen molar-refractivity contribution in [3.63, 3.8) is 0 Å². The second-order valence-electron chi connectivity index (χ2n) is 6.25. The smallest absolute Gasteiger partial charge is 0.254 e. The Labute approximate surface area is 146 Å². The van der Waals surface area contributed by atoms with E-state index in [9.17, 15) is 9.59 Å². The zero-order valence-corrected chi connectivity index (χ0v) is 14.5. The third-order valence-electron chi connectivity index (χ3n) is 4.13. The minimum absolute atomic E-state index is 0.137. The van der Waals surface area contributed by atoms with Gasteiger partial charge < -0.3 is 19.4 Å². The minimum Gasteiger partial charge on any atom is -0.464 e. The Balaban J connectivity index is 1.65. The van der Waals surface area contributed by atoms with Crippen LogP contribution in [0.2, 0.25) is 0 Å². The lowest BCUT2D eigenvalue weighted by molar-refractivity contribution is -0.124. The number of hydrogen-bond donors (Lipinski definition) is 1. The number of rotatable bonds is 5. The van der Waals surface area contributed by atoms with Crippen LogP contribution in [0.5, 0.6) is 0 Å². The molecule has 1 atom stereocenters. The van der Waals surface area contributed by atoms with Crippen molar-refractivity contribution in [1.82, 2.24) is 4.90 Å². The van der Waals surface area contributed by atoms with Gasteiger partial charge in [-0.15, -0.1) is 0 Å². The third-order valence-corrected chi connectivity index (χ3v) is 4.13. The summed E-state index contributed by atoms with van der Waals surface area (Å²) >= 11 is 0. The Kier molecular flexibility index (Phi) is 5.19. The van der Waals surface area contributed by atoms with Crippen LogP contribution < -0.4 is 5.32 Å². The zero-order valence-electron chi connectivity index (χ0n) is 14.5.